The van der Waals surface area contributed by atoms with Crippen LogP contribution in [0, 0.1) is 0 Å². The number of hydrogen-bond acceptors (Lipinski definition) is 4. The number of Topliss-reactive ketones (excluding diaryl/α,β-unsaturated/α-hetero) is 1. The number of ketones is 1. The molecule has 1 aromatic rings. The summed E-state index contributed by atoms with van der Waals surface area (Å²) in [5, 5.41) is 2.20. The lowest BCUT2D eigenvalue weighted by Gasteiger charge is -2.06. The maximum atomic E-state index is 11.7. The number of hydrogen-bond donors (Lipinski definition) is 2. The van der Waals surface area contributed by atoms with Crippen molar-refractivity contribution in [2.75, 3.05) is 13.7 Å². The van der Waals surface area contributed by atoms with E-state index in [1.54, 1.807) is 12.1 Å². The van der Waals surface area contributed by atoms with Crippen LogP contribution < -0.4 is 11.1 Å². The third kappa shape index (κ3) is 3.30. The summed E-state index contributed by atoms with van der Waals surface area (Å²) < 4.78 is 4.59. The fourth-order valence-corrected chi connectivity index (χ4v) is 1.22. The minimum absolute atomic E-state index is 0.109. The van der Waals surface area contributed by atoms with E-state index in [0.717, 1.165) is 0 Å². The first-order valence-corrected chi connectivity index (χ1v) is 4.82. The van der Waals surface area contributed by atoms with Gasteiger partial charge < -0.3 is 15.8 Å². The predicted octanol–water partition coefficient (Wildman–Crippen LogP) is 0.324. The van der Waals surface area contributed by atoms with Crippen molar-refractivity contribution in [1.29, 1.82) is 0 Å². The highest BCUT2D eigenvalue weighted by atomic mass is 16.5. The highest BCUT2D eigenvalue weighted by Crippen LogP contribution is 2.09. The molecule has 0 spiro atoms. The zero-order valence-electron chi connectivity index (χ0n) is 9.23. The lowest BCUT2D eigenvalue weighted by atomic mass is 10.0. The Morgan fingerprint density at radius 2 is 1.82 bits per heavy atom. The molecule has 0 saturated heterocycles. The third-order valence-corrected chi connectivity index (χ3v) is 2.03. The number of benzene rings is 1. The van der Waals surface area contributed by atoms with Gasteiger partial charge in [-0.05, 0) is 6.07 Å². The summed E-state index contributed by atoms with van der Waals surface area (Å²) in [6.45, 7) is -0.441. The Balaban J connectivity index is 2.82. The highest BCUT2D eigenvalue weighted by molar-refractivity contribution is 6.08. The monoisotopic (exact) mass is 236 g/mol. The number of primary amides is 1. The van der Waals surface area contributed by atoms with Crippen molar-refractivity contribution in [3.63, 3.8) is 0 Å². The Hall–Kier alpha value is -2.37. The van der Waals surface area contributed by atoms with Gasteiger partial charge >= 0.3 is 6.09 Å². The maximum absolute atomic E-state index is 11.7. The fraction of sp³-hybridized carbons (Fsp3) is 0.182. The number of nitrogens with two attached hydrogens (primary N) is 1. The molecule has 3 N–H and O–H groups in total. The predicted molar refractivity (Wildman–Crippen MR) is 59.7 cm³/mol. The average Bonchev–Trinajstić information content (AvgIpc) is 2.35. The molecular formula is C11H12N2O4. The van der Waals surface area contributed by atoms with Crippen molar-refractivity contribution in [2.24, 2.45) is 5.73 Å². The molecule has 0 aliphatic carbocycles. The number of rotatable bonds is 4. The van der Waals surface area contributed by atoms with E-state index >= 15 is 0 Å². The number of ether oxygens (including phenoxy) is 1. The molecule has 0 saturated carbocycles. The van der Waals surface area contributed by atoms with Crippen LogP contribution in [-0.2, 0) is 4.74 Å². The normalized spacial score (nSPS) is 9.47. The Bertz CT molecular complexity index is 457. The number of carbonyl (C=O) groups excluding carboxylic acids is 3. The van der Waals surface area contributed by atoms with Gasteiger partial charge in [-0.1, -0.05) is 18.2 Å². The van der Waals surface area contributed by atoms with Gasteiger partial charge in [-0.2, -0.15) is 0 Å². The van der Waals surface area contributed by atoms with Crippen LogP contribution in [0.15, 0.2) is 24.3 Å². The van der Waals surface area contributed by atoms with Gasteiger partial charge in [-0.3, -0.25) is 9.59 Å². The lowest BCUT2D eigenvalue weighted by molar-refractivity contribution is 0.0841. The fourth-order valence-electron chi connectivity index (χ4n) is 1.22. The molecule has 0 atom stereocenters. The molecule has 2 amide bonds. The summed E-state index contributed by atoms with van der Waals surface area (Å²) in [6, 6.07) is 6.08. The van der Waals surface area contributed by atoms with Crippen LogP contribution in [0.3, 0.4) is 0 Å². The summed E-state index contributed by atoms with van der Waals surface area (Å²) in [5.41, 5.74) is 5.38. The van der Waals surface area contributed by atoms with Crippen molar-refractivity contribution in [3.8, 4) is 0 Å². The molecule has 0 bridgehead atoms. The van der Waals surface area contributed by atoms with Crippen LogP contribution in [0.1, 0.15) is 20.7 Å². The second-order valence-electron chi connectivity index (χ2n) is 3.16. The molecule has 0 fully saturated rings. The van der Waals surface area contributed by atoms with E-state index in [1.807, 2.05) is 0 Å². The van der Waals surface area contributed by atoms with Gasteiger partial charge in [0, 0.05) is 12.6 Å². The Morgan fingerprint density at radius 1 is 1.24 bits per heavy atom. The van der Waals surface area contributed by atoms with E-state index in [0.29, 0.717) is 0 Å². The van der Waals surface area contributed by atoms with Crippen molar-refractivity contribution < 1.29 is 19.1 Å². The summed E-state index contributed by atoms with van der Waals surface area (Å²) in [4.78, 5) is 33.5. The summed E-state index contributed by atoms with van der Waals surface area (Å²) in [6.07, 6.45) is -0.713. The van der Waals surface area contributed by atoms with Crippen molar-refractivity contribution in [2.45, 2.75) is 0 Å². The van der Waals surface area contributed by atoms with Gasteiger partial charge in [0.2, 0.25) is 11.7 Å². The maximum Gasteiger partial charge on any atom is 0.407 e. The van der Waals surface area contributed by atoms with E-state index in [9.17, 15) is 14.4 Å². The number of alkyl carbamates (subject to hydrolysis) is 1. The molecule has 6 nitrogen and oxygen atoms in total. The average molecular weight is 236 g/mol. The van der Waals surface area contributed by atoms with E-state index in [1.165, 1.54) is 19.2 Å². The van der Waals surface area contributed by atoms with Crippen LogP contribution in [0.2, 0.25) is 0 Å². The van der Waals surface area contributed by atoms with Gasteiger partial charge in [0.15, 0.2) is 6.61 Å². The molecule has 0 heterocycles. The Morgan fingerprint density at radius 3 is 2.35 bits per heavy atom. The van der Waals surface area contributed by atoms with Gasteiger partial charge in [0.05, 0.1) is 5.56 Å². The standard InChI is InChI=1S/C11H12N2O4/c1-13-11(16)17-6-9(14)7-4-2-3-5-8(7)10(12)15/h2-5H,6H2,1H3,(H2,12,15)(H,13,16). The van der Waals surface area contributed by atoms with E-state index in [4.69, 9.17) is 5.73 Å². The first-order valence-electron chi connectivity index (χ1n) is 4.82. The SMILES string of the molecule is CNC(=O)OCC(=O)c1ccccc1C(N)=O. The Labute approximate surface area is 97.7 Å². The number of amides is 2. The summed E-state index contributed by atoms with van der Waals surface area (Å²) in [5.74, 6) is -1.18. The molecule has 17 heavy (non-hydrogen) atoms. The molecule has 0 radical (unpaired) electrons. The third-order valence-electron chi connectivity index (χ3n) is 2.03. The Kier molecular flexibility index (Phi) is 4.21. The largest absolute Gasteiger partial charge is 0.441 e. The van der Waals surface area contributed by atoms with Gasteiger partial charge in [0.1, 0.15) is 0 Å². The summed E-state index contributed by atoms with van der Waals surface area (Å²) >= 11 is 0. The number of nitrogens with one attached hydrogen (secondary N) is 1. The van der Waals surface area contributed by atoms with E-state index in [2.05, 4.69) is 10.1 Å². The second-order valence-corrected chi connectivity index (χ2v) is 3.16. The first kappa shape index (κ1) is 12.7. The molecular weight excluding hydrogens is 224 g/mol. The number of carbonyl (C=O) groups is 3. The minimum Gasteiger partial charge on any atom is -0.441 e. The zero-order valence-corrected chi connectivity index (χ0v) is 9.23. The van der Waals surface area contributed by atoms with E-state index < -0.39 is 24.4 Å². The van der Waals surface area contributed by atoms with Crippen LogP contribution in [0.25, 0.3) is 0 Å². The molecule has 6 heteroatoms. The quantitative estimate of drug-likeness (QED) is 0.735. The zero-order chi connectivity index (χ0) is 12.8. The molecule has 0 aromatic heterocycles. The molecule has 0 aliphatic heterocycles. The second kappa shape index (κ2) is 5.64. The molecule has 1 rings (SSSR count). The van der Waals surface area contributed by atoms with Gasteiger partial charge in [-0.15, -0.1) is 0 Å². The molecule has 0 aliphatic rings. The van der Waals surface area contributed by atoms with Gasteiger partial charge in [-0.25, -0.2) is 4.79 Å². The van der Waals surface area contributed by atoms with Crippen LogP contribution >= 0.6 is 0 Å². The van der Waals surface area contributed by atoms with Crippen LogP contribution in [0.4, 0.5) is 4.79 Å². The van der Waals surface area contributed by atoms with Crippen molar-refractivity contribution in [3.05, 3.63) is 35.4 Å². The summed E-state index contributed by atoms with van der Waals surface area (Å²) in [7, 11) is 1.38. The minimum atomic E-state index is -0.713. The lowest BCUT2D eigenvalue weighted by Crippen LogP contribution is -2.24. The van der Waals surface area contributed by atoms with Crippen molar-refractivity contribution >= 4 is 17.8 Å². The van der Waals surface area contributed by atoms with E-state index in [-0.39, 0.29) is 11.1 Å². The molecule has 90 valence electrons. The topological polar surface area (TPSA) is 98.5 Å². The molecule has 0 unspecified atom stereocenters. The highest BCUT2D eigenvalue weighted by Gasteiger charge is 2.15. The van der Waals surface area contributed by atoms with Crippen LogP contribution in [-0.4, -0.2) is 31.4 Å². The van der Waals surface area contributed by atoms with Crippen molar-refractivity contribution in [1.82, 2.24) is 5.32 Å². The van der Waals surface area contributed by atoms with Gasteiger partial charge in [0.25, 0.3) is 0 Å². The smallest absolute Gasteiger partial charge is 0.407 e. The first-order chi connectivity index (χ1) is 8.06. The molecule has 1 aromatic carbocycles. The van der Waals surface area contributed by atoms with Crippen LogP contribution in [0.5, 0.6) is 0 Å².